The van der Waals surface area contributed by atoms with Crippen LogP contribution in [0.4, 0.5) is 0 Å². The zero-order valence-electron chi connectivity index (χ0n) is 6.96. The quantitative estimate of drug-likeness (QED) is 0.678. The van der Waals surface area contributed by atoms with E-state index in [2.05, 4.69) is 0 Å². The number of phenolic OH excluding ortho intramolecular Hbond substituents is 2. The SMILES string of the molecule is Oc1ccc2c(Cl)cc(Cl)cc2c1O. The summed E-state index contributed by atoms with van der Waals surface area (Å²) >= 11 is 11.7. The maximum Gasteiger partial charge on any atom is 0.165 e. The molecule has 2 N–H and O–H groups in total. The van der Waals surface area contributed by atoms with Gasteiger partial charge >= 0.3 is 0 Å². The molecule has 2 aromatic rings. The van der Waals surface area contributed by atoms with Crippen molar-refractivity contribution in [3.8, 4) is 11.5 Å². The number of benzene rings is 2. The first-order valence-electron chi connectivity index (χ1n) is 3.89. The number of hydrogen-bond acceptors (Lipinski definition) is 2. The Morgan fingerprint density at radius 2 is 1.64 bits per heavy atom. The van der Waals surface area contributed by atoms with Crippen LogP contribution in [0.2, 0.25) is 10.0 Å². The minimum Gasteiger partial charge on any atom is -0.504 e. The van der Waals surface area contributed by atoms with Crippen LogP contribution < -0.4 is 0 Å². The summed E-state index contributed by atoms with van der Waals surface area (Å²) in [5.74, 6) is -0.386. The molecule has 0 spiro atoms. The van der Waals surface area contributed by atoms with Gasteiger partial charge in [0.1, 0.15) is 0 Å². The van der Waals surface area contributed by atoms with Crippen LogP contribution in [0, 0.1) is 0 Å². The number of rotatable bonds is 0. The molecule has 0 saturated carbocycles. The molecule has 2 aromatic carbocycles. The van der Waals surface area contributed by atoms with E-state index >= 15 is 0 Å². The van der Waals surface area contributed by atoms with Gasteiger partial charge in [0.15, 0.2) is 11.5 Å². The summed E-state index contributed by atoms with van der Waals surface area (Å²) in [5.41, 5.74) is 0. The predicted molar refractivity (Wildman–Crippen MR) is 57.3 cm³/mol. The molecule has 0 bridgehead atoms. The summed E-state index contributed by atoms with van der Waals surface area (Å²) in [4.78, 5) is 0. The van der Waals surface area contributed by atoms with E-state index in [4.69, 9.17) is 23.2 Å². The summed E-state index contributed by atoms with van der Waals surface area (Å²) in [6, 6.07) is 6.15. The normalized spacial score (nSPS) is 10.7. The minimum atomic E-state index is -0.202. The minimum absolute atomic E-state index is 0.184. The highest BCUT2D eigenvalue weighted by atomic mass is 35.5. The molecule has 0 heterocycles. The molecule has 14 heavy (non-hydrogen) atoms. The number of halogens is 2. The van der Waals surface area contributed by atoms with E-state index in [1.165, 1.54) is 6.07 Å². The fourth-order valence-electron chi connectivity index (χ4n) is 1.33. The van der Waals surface area contributed by atoms with Crippen LogP contribution in [0.15, 0.2) is 24.3 Å². The van der Waals surface area contributed by atoms with Gasteiger partial charge in [0.05, 0.1) is 5.02 Å². The second-order valence-corrected chi connectivity index (χ2v) is 3.76. The lowest BCUT2D eigenvalue weighted by Crippen LogP contribution is -1.77. The third kappa shape index (κ3) is 1.37. The van der Waals surface area contributed by atoms with Crippen molar-refractivity contribution in [1.82, 2.24) is 0 Å². The molecule has 4 heteroatoms. The summed E-state index contributed by atoms with van der Waals surface area (Å²) in [7, 11) is 0. The van der Waals surface area contributed by atoms with Gasteiger partial charge in [-0.15, -0.1) is 0 Å². The van der Waals surface area contributed by atoms with Crippen molar-refractivity contribution >= 4 is 34.0 Å². The number of phenols is 2. The maximum absolute atomic E-state index is 9.54. The average molecular weight is 229 g/mol. The molecule has 72 valence electrons. The van der Waals surface area contributed by atoms with E-state index in [1.54, 1.807) is 18.2 Å². The molecule has 0 aliphatic rings. The van der Waals surface area contributed by atoms with Gasteiger partial charge in [-0.1, -0.05) is 23.2 Å². The smallest absolute Gasteiger partial charge is 0.165 e. The maximum atomic E-state index is 9.54. The van der Waals surface area contributed by atoms with Gasteiger partial charge in [0.25, 0.3) is 0 Å². The van der Waals surface area contributed by atoms with Crippen LogP contribution >= 0.6 is 23.2 Å². The third-order valence-corrected chi connectivity index (χ3v) is 2.53. The lowest BCUT2D eigenvalue weighted by Gasteiger charge is -2.05. The Morgan fingerprint density at radius 1 is 0.929 bits per heavy atom. The van der Waals surface area contributed by atoms with Crippen molar-refractivity contribution in [2.45, 2.75) is 0 Å². The molecule has 0 aliphatic heterocycles. The number of hydrogen-bond donors (Lipinski definition) is 2. The van der Waals surface area contributed by atoms with E-state index in [0.717, 1.165) is 0 Å². The molecule has 0 aliphatic carbocycles. The molecule has 0 aromatic heterocycles. The molecule has 2 rings (SSSR count). The Kier molecular flexibility index (Phi) is 2.17. The molecule has 0 amide bonds. The molecule has 0 radical (unpaired) electrons. The van der Waals surface area contributed by atoms with Crippen molar-refractivity contribution in [2.24, 2.45) is 0 Å². The summed E-state index contributed by atoms with van der Waals surface area (Å²) in [5, 5.41) is 20.8. The van der Waals surface area contributed by atoms with Crippen LogP contribution in [-0.4, -0.2) is 10.2 Å². The van der Waals surface area contributed by atoms with Crippen LogP contribution in [0.3, 0.4) is 0 Å². The highest BCUT2D eigenvalue weighted by Gasteiger charge is 2.08. The second kappa shape index (κ2) is 3.23. The predicted octanol–water partition coefficient (Wildman–Crippen LogP) is 3.56. The molecule has 0 unspecified atom stereocenters. The van der Waals surface area contributed by atoms with E-state index in [9.17, 15) is 10.2 Å². The Labute approximate surface area is 90.3 Å². The average Bonchev–Trinajstić information content (AvgIpc) is 2.12. The topological polar surface area (TPSA) is 40.5 Å². The van der Waals surface area contributed by atoms with E-state index < -0.39 is 0 Å². The Balaban J connectivity index is 2.95. The van der Waals surface area contributed by atoms with E-state index in [0.29, 0.717) is 20.8 Å². The van der Waals surface area contributed by atoms with Crippen LogP contribution in [0.25, 0.3) is 10.8 Å². The van der Waals surface area contributed by atoms with Crippen LogP contribution in [0.1, 0.15) is 0 Å². The van der Waals surface area contributed by atoms with Crippen molar-refractivity contribution in [2.75, 3.05) is 0 Å². The van der Waals surface area contributed by atoms with Gasteiger partial charge < -0.3 is 10.2 Å². The summed E-state index contributed by atoms with van der Waals surface area (Å²) < 4.78 is 0. The summed E-state index contributed by atoms with van der Waals surface area (Å²) in [6.07, 6.45) is 0. The standard InChI is InChI=1S/C10H6Cl2O2/c11-5-3-7-6(8(12)4-5)1-2-9(13)10(7)14/h1-4,13-14H. The first-order valence-corrected chi connectivity index (χ1v) is 4.65. The summed E-state index contributed by atoms with van der Waals surface area (Å²) in [6.45, 7) is 0. The first kappa shape index (κ1) is 9.44. The Morgan fingerprint density at radius 3 is 2.36 bits per heavy atom. The molecule has 2 nitrogen and oxygen atoms in total. The van der Waals surface area contributed by atoms with E-state index in [-0.39, 0.29) is 11.5 Å². The van der Waals surface area contributed by atoms with Gasteiger partial charge in [0.2, 0.25) is 0 Å². The zero-order valence-corrected chi connectivity index (χ0v) is 8.47. The lowest BCUT2D eigenvalue weighted by molar-refractivity contribution is 0.408. The molecule has 0 atom stereocenters. The second-order valence-electron chi connectivity index (χ2n) is 2.92. The largest absolute Gasteiger partial charge is 0.504 e. The number of fused-ring (bicyclic) bond motifs is 1. The van der Waals surface area contributed by atoms with Gasteiger partial charge in [-0.25, -0.2) is 0 Å². The molecular formula is C10H6Cl2O2. The van der Waals surface area contributed by atoms with Crippen molar-refractivity contribution < 1.29 is 10.2 Å². The highest BCUT2D eigenvalue weighted by Crippen LogP contribution is 2.38. The fraction of sp³-hybridized carbons (Fsp3) is 0. The molecule has 0 saturated heterocycles. The van der Waals surface area contributed by atoms with Gasteiger partial charge in [-0.3, -0.25) is 0 Å². The fourth-order valence-corrected chi connectivity index (χ4v) is 1.89. The van der Waals surface area contributed by atoms with Crippen molar-refractivity contribution in [3.05, 3.63) is 34.3 Å². The number of aromatic hydroxyl groups is 2. The van der Waals surface area contributed by atoms with Crippen LogP contribution in [0.5, 0.6) is 11.5 Å². The molecular weight excluding hydrogens is 223 g/mol. The van der Waals surface area contributed by atoms with Crippen LogP contribution in [-0.2, 0) is 0 Å². The third-order valence-electron chi connectivity index (χ3n) is 2.00. The first-order chi connectivity index (χ1) is 6.59. The van der Waals surface area contributed by atoms with Gasteiger partial charge in [0, 0.05) is 15.8 Å². The Bertz CT molecular complexity index is 509. The zero-order chi connectivity index (χ0) is 10.3. The highest BCUT2D eigenvalue weighted by molar-refractivity contribution is 6.38. The van der Waals surface area contributed by atoms with Gasteiger partial charge in [-0.2, -0.15) is 0 Å². The Hall–Kier alpha value is -1.12. The van der Waals surface area contributed by atoms with Gasteiger partial charge in [-0.05, 0) is 24.3 Å². The lowest BCUT2D eigenvalue weighted by atomic mass is 10.1. The van der Waals surface area contributed by atoms with E-state index in [1.807, 2.05) is 0 Å². The molecule has 0 fully saturated rings. The van der Waals surface area contributed by atoms with Crippen molar-refractivity contribution in [1.29, 1.82) is 0 Å². The van der Waals surface area contributed by atoms with Crippen molar-refractivity contribution in [3.63, 3.8) is 0 Å². The monoisotopic (exact) mass is 228 g/mol.